The lowest BCUT2D eigenvalue weighted by Crippen LogP contribution is -2.08. The van der Waals surface area contributed by atoms with Gasteiger partial charge in [-0.05, 0) is 58.4 Å². The lowest BCUT2D eigenvalue weighted by molar-refractivity contribution is 0.597. The Kier molecular flexibility index (Phi) is 5.60. The van der Waals surface area contributed by atoms with Crippen molar-refractivity contribution in [1.82, 2.24) is 0 Å². The molecule has 0 heterocycles. The molecule has 0 atom stereocenters. The first-order valence-corrected chi connectivity index (χ1v) is 9.85. The third-order valence-electron chi connectivity index (χ3n) is 2.74. The number of nitrogen functional groups attached to an aromatic ring is 1. The van der Waals surface area contributed by atoms with Gasteiger partial charge in [-0.3, -0.25) is 0 Å². The molecule has 2 aromatic carbocycles. The number of benzene rings is 2. The number of rotatable bonds is 5. The molecule has 0 bridgehead atoms. The molecule has 0 saturated carbocycles. The quantitative estimate of drug-likeness (QED) is 0.595. The van der Waals surface area contributed by atoms with Crippen LogP contribution in [0.2, 0.25) is 5.02 Å². The van der Waals surface area contributed by atoms with Crippen LogP contribution in [0.4, 0.5) is 5.69 Å². The van der Waals surface area contributed by atoms with Crippen LogP contribution in [0, 0.1) is 0 Å². The van der Waals surface area contributed by atoms with E-state index in [4.69, 9.17) is 17.3 Å². The molecule has 0 spiro atoms. The normalized spacial score (nSPS) is 11.5. The number of thioether (sulfide) groups is 1. The third kappa shape index (κ3) is 4.64. The van der Waals surface area contributed by atoms with Crippen LogP contribution in [-0.4, -0.2) is 19.9 Å². The van der Waals surface area contributed by atoms with Crippen molar-refractivity contribution in [3.05, 3.63) is 52.0 Å². The van der Waals surface area contributed by atoms with Crippen LogP contribution in [0.25, 0.3) is 0 Å². The van der Waals surface area contributed by atoms with Crippen LogP contribution in [0.1, 0.15) is 0 Å². The summed E-state index contributed by atoms with van der Waals surface area (Å²) in [4.78, 5) is 1.26. The van der Waals surface area contributed by atoms with E-state index in [0.717, 1.165) is 9.37 Å². The van der Waals surface area contributed by atoms with Gasteiger partial charge in [0.2, 0.25) is 0 Å². The molecular weight excluding hydrogens is 394 g/mol. The van der Waals surface area contributed by atoms with Crippen LogP contribution in [0.5, 0.6) is 0 Å². The van der Waals surface area contributed by atoms with Gasteiger partial charge >= 0.3 is 0 Å². The molecule has 0 radical (unpaired) electrons. The molecule has 0 saturated heterocycles. The zero-order chi connectivity index (χ0) is 15.5. The van der Waals surface area contributed by atoms with Gasteiger partial charge < -0.3 is 5.73 Å². The van der Waals surface area contributed by atoms with Crippen LogP contribution < -0.4 is 5.73 Å². The first kappa shape index (κ1) is 16.7. The van der Waals surface area contributed by atoms with E-state index in [9.17, 15) is 8.42 Å². The largest absolute Gasteiger partial charge is 0.399 e. The molecule has 0 aromatic heterocycles. The highest BCUT2D eigenvalue weighted by Gasteiger charge is 2.14. The molecule has 0 amide bonds. The first-order valence-electron chi connectivity index (χ1n) is 6.04. The molecule has 0 unspecified atom stereocenters. The molecule has 0 aliphatic rings. The molecule has 3 nitrogen and oxygen atoms in total. The Labute approximate surface area is 141 Å². The van der Waals surface area contributed by atoms with Gasteiger partial charge in [0, 0.05) is 25.8 Å². The Hall–Kier alpha value is -0.690. The maximum atomic E-state index is 12.2. The number of halogens is 2. The highest BCUT2D eigenvalue weighted by atomic mass is 79.9. The standard InChI is InChI=1S/C14H13BrClNO2S2/c15-13-9-11(17)3-6-14(13)20-7-8-21(18,19)12-4-1-10(16)2-5-12/h1-6,9H,7-8,17H2. The monoisotopic (exact) mass is 405 g/mol. The third-order valence-corrected chi connectivity index (χ3v) is 6.97. The van der Waals surface area contributed by atoms with Crippen molar-refractivity contribution in [2.24, 2.45) is 0 Å². The van der Waals surface area contributed by atoms with Crippen molar-refractivity contribution in [1.29, 1.82) is 0 Å². The van der Waals surface area contributed by atoms with Crippen LogP contribution >= 0.6 is 39.3 Å². The predicted octanol–water partition coefficient (Wildman–Crippen LogP) is 4.25. The summed E-state index contributed by atoms with van der Waals surface area (Å²) in [5.41, 5.74) is 6.33. The lowest BCUT2D eigenvalue weighted by atomic mass is 10.3. The molecule has 7 heteroatoms. The average molecular weight is 407 g/mol. The number of nitrogens with two attached hydrogens (primary N) is 1. The van der Waals surface area contributed by atoms with Gasteiger partial charge in [-0.2, -0.15) is 0 Å². The van der Waals surface area contributed by atoms with Gasteiger partial charge in [0.25, 0.3) is 0 Å². The molecule has 0 fully saturated rings. The molecule has 112 valence electrons. The minimum absolute atomic E-state index is 0.0656. The summed E-state index contributed by atoms with van der Waals surface area (Å²) >= 11 is 10.7. The number of anilines is 1. The average Bonchev–Trinajstić information content (AvgIpc) is 2.41. The summed E-state index contributed by atoms with van der Waals surface area (Å²) in [6.45, 7) is 0. The smallest absolute Gasteiger partial charge is 0.179 e. The zero-order valence-corrected chi connectivity index (χ0v) is 14.9. The van der Waals surface area contributed by atoms with Gasteiger partial charge in [-0.25, -0.2) is 8.42 Å². The van der Waals surface area contributed by atoms with E-state index >= 15 is 0 Å². The summed E-state index contributed by atoms with van der Waals surface area (Å²) in [5, 5.41) is 0.522. The van der Waals surface area contributed by atoms with Crippen molar-refractivity contribution >= 4 is 54.8 Å². The number of sulfone groups is 1. The van der Waals surface area contributed by atoms with Crippen molar-refractivity contribution in [3.8, 4) is 0 Å². The Balaban J connectivity index is 2.00. The van der Waals surface area contributed by atoms with E-state index in [2.05, 4.69) is 15.9 Å². The van der Waals surface area contributed by atoms with E-state index in [-0.39, 0.29) is 5.75 Å². The predicted molar refractivity (Wildman–Crippen MR) is 92.8 cm³/mol. The Morgan fingerprint density at radius 2 is 1.81 bits per heavy atom. The topological polar surface area (TPSA) is 60.2 Å². The minimum atomic E-state index is -3.29. The van der Waals surface area contributed by atoms with Crippen LogP contribution in [-0.2, 0) is 9.84 Å². The summed E-state index contributed by atoms with van der Waals surface area (Å²) in [7, 11) is -3.29. The van der Waals surface area contributed by atoms with Gasteiger partial charge in [0.05, 0.1) is 10.6 Å². The fourth-order valence-corrected chi connectivity index (χ4v) is 5.10. The number of hydrogen-bond donors (Lipinski definition) is 1. The first-order chi connectivity index (χ1) is 9.88. The van der Waals surface area contributed by atoms with Crippen LogP contribution in [0.15, 0.2) is 56.7 Å². The van der Waals surface area contributed by atoms with E-state index < -0.39 is 9.84 Å². The second-order valence-electron chi connectivity index (χ2n) is 4.31. The van der Waals surface area contributed by atoms with Gasteiger partial charge in [0.1, 0.15) is 0 Å². The summed E-state index contributed by atoms with van der Waals surface area (Å²) in [5.74, 6) is 0.531. The minimum Gasteiger partial charge on any atom is -0.399 e. The summed E-state index contributed by atoms with van der Waals surface area (Å²) in [6.07, 6.45) is 0. The molecule has 21 heavy (non-hydrogen) atoms. The zero-order valence-electron chi connectivity index (χ0n) is 10.9. The molecule has 2 N–H and O–H groups in total. The number of hydrogen-bond acceptors (Lipinski definition) is 4. The SMILES string of the molecule is Nc1ccc(SCCS(=O)(=O)c2ccc(Cl)cc2)c(Br)c1. The molecule has 2 aromatic rings. The summed E-state index contributed by atoms with van der Waals surface area (Å²) in [6, 6.07) is 11.7. The van der Waals surface area contributed by atoms with Crippen molar-refractivity contribution in [3.63, 3.8) is 0 Å². The second kappa shape index (κ2) is 7.05. The van der Waals surface area contributed by atoms with Gasteiger partial charge in [-0.1, -0.05) is 11.6 Å². The van der Waals surface area contributed by atoms with Crippen LogP contribution in [0.3, 0.4) is 0 Å². The van der Waals surface area contributed by atoms with Gasteiger partial charge in [0.15, 0.2) is 9.84 Å². The van der Waals surface area contributed by atoms with Crippen molar-refractivity contribution in [2.45, 2.75) is 9.79 Å². The molecular formula is C14H13BrClNO2S2. The van der Waals surface area contributed by atoms with E-state index in [0.29, 0.717) is 21.4 Å². The Morgan fingerprint density at radius 3 is 2.43 bits per heavy atom. The molecule has 0 aliphatic carbocycles. The Bertz CT molecular complexity index is 733. The second-order valence-corrected chi connectivity index (χ2v) is 8.85. The lowest BCUT2D eigenvalue weighted by Gasteiger charge is -2.07. The van der Waals surface area contributed by atoms with E-state index in [1.165, 1.54) is 23.9 Å². The molecule has 2 rings (SSSR count). The highest BCUT2D eigenvalue weighted by Crippen LogP contribution is 2.29. The maximum absolute atomic E-state index is 12.2. The van der Waals surface area contributed by atoms with E-state index in [1.54, 1.807) is 24.3 Å². The fraction of sp³-hybridized carbons (Fsp3) is 0.143. The van der Waals surface area contributed by atoms with Crippen molar-refractivity contribution in [2.75, 3.05) is 17.2 Å². The summed E-state index contributed by atoms with van der Waals surface area (Å²) < 4.78 is 25.2. The van der Waals surface area contributed by atoms with Gasteiger partial charge in [-0.15, -0.1) is 11.8 Å². The Morgan fingerprint density at radius 1 is 1.14 bits per heavy atom. The molecule has 0 aliphatic heterocycles. The van der Waals surface area contributed by atoms with E-state index in [1.807, 2.05) is 6.07 Å². The fourth-order valence-electron chi connectivity index (χ4n) is 1.66. The van der Waals surface area contributed by atoms with Crippen molar-refractivity contribution < 1.29 is 8.42 Å². The highest BCUT2D eigenvalue weighted by molar-refractivity contribution is 9.10. The maximum Gasteiger partial charge on any atom is 0.179 e.